The molecule has 3 rings (SSSR count). The SMILES string of the molecule is Cc1cc(-c2cccc(C#CC3CCCN(C)C3=O)c2)nc(C(N)=O)c1N. The van der Waals surface area contributed by atoms with Crippen LogP contribution in [0.4, 0.5) is 5.69 Å². The zero-order chi connectivity index (χ0) is 19.6. The minimum absolute atomic E-state index is 0.0670. The second kappa shape index (κ2) is 7.50. The molecule has 1 aliphatic heterocycles. The Hall–Kier alpha value is -3.33. The van der Waals surface area contributed by atoms with E-state index in [0.717, 1.165) is 36.1 Å². The van der Waals surface area contributed by atoms with Crippen LogP contribution in [-0.2, 0) is 4.79 Å². The van der Waals surface area contributed by atoms with Gasteiger partial charge in [0.05, 0.1) is 17.3 Å². The molecule has 6 nitrogen and oxygen atoms in total. The summed E-state index contributed by atoms with van der Waals surface area (Å²) in [6, 6.07) is 9.33. The molecule has 1 fully saturated rings. The average Bonchev–Trinajstić information content (AvgIpc) is 2.65. The van der Waals surface area contributed by atoms with Crippen LogP contribution in [0.25, 0.3) is 11.3 Å². The fraction of sp³-hybridized carbons (Fsp3) is 0.286. The van der Waals surface area contributed by atoms with Crippen molar-refractivity contribution in [3.8, 4) is 23.1 Å². The summed E-state index contributed by atoms with van der Waals surface area (Å²) in [5, 5.41) is 0. The third kappa shape index (κ3) is 3.93. The Labute approximate surface area is 158 Å². The maximum atomic E-state index is 12.2. The number of amides is 2. The quantitative estimate of drug-likeness (QED) is 0.797. The molecule has 138 valence electrons. The Morgan fingerprint density at radius 2 is 2.11 bits per heavy atom. The highest BCUT2D eigenvalue weighted by atomic mass is 16.2. The molecule has 4 N–H and O–H groups in total. The van der Waals surface area contributed by atoms with Crippen molar-refractivity contribution >= 4 is 17.5 Å². The van der Waals surface area contributed by atoms with E-state index in [1.54, 1.807) is 4.90 Å². The molecular weight excluding hydrogens is 340 g/mol. The first-order chi connectivity index (χ1) is 12.9. The Balaban J connectivity index is 1.92. The average molecular weight is 362 g/mol. The van der Waals surface area contributed by atoms with E-state index < -0.39 is 5.91 Å². The van der Waals surface area contributed by atoms with Crippen molar-refractivity contribution in [1.29, 1.82) is 0 Å². The van der Waals surface area contributed by atoms with Gasteiger partial charge in [0.15, 0.2) is 5.69 Å². The first-order valence-electron chi connectivity index (χ1n) is 8.80. The molecule has 1 atom stereocenters. The highest BCUT2D eigenvalue weighted by molar-refractivity contribution is 5.97. The zero-order valence-corrected chi connectivity index (χ0v) is 15.5. The highest BCUT2D eigenvalue weighted by Crippen LogP contribution is 2.24. The van der Waals surface area contributed by atoms with Crippen molar-refractivity contribution < 1.29 is 9.59 Å². The van der Waals surface area contributed by atoms with E-state index in [-0.39, 0.29) is 17.5 Å². The number of primary amides is 1. The number of piperidine rings is 1. The second-order valence-corrected chi connectivity index (χ2v) is 6.76. The number of hydrogen-bond acceptors (Lipinski definition) is 4. The number of nitrogen functional groups attached to an aromatic ring is 1. The maximum Gasteiger partial charge on any atom is 0.269 e. The predicted molar refractivity (Wildman–Crippen MR) is 105 cm³/mol. The van der Waals surface area contributed by atoms with Crippen LogP contribution >= 0.6 is 0 Å². The summed E-state index contributed by atoms with van der Waals surface area (Å²) in [7, 11) is 1.81. The van der Waals surface area contributed by atoms with Crippen LogP contribution in [-0.4, -0.2) is 35.3 Å². The van der Waals surface area contributed by atoms with E-state index >= 15 is 0 Å². The number of likely N-dealkylation sites (tertiary alicyclic amines) is 1. The number of pyridine rings is 1. The van der Waals surface area contributed by atoms with Gasteiger partial charge in [0.25, 0.3) is 5.91 Å². The summed E-state index contributed by atoms with van der Waals surface area (Å²) in [6.45, 7) is 2.60. The highest BCUT2D eigenvalue weighted by Gasteiger charge is 2.24. The van der Waals surface area contributed by atoms with Crippen molar-refractivity contribution in [2.24, 2.45) is 11.7 Å². The van der Waals surface area contributed by atoms with Crippen molar-refractivity contribution in [3.05, 3.63) is 47.2 Å². The van der Waals surface area contributed by atoms with Crippen LogP contribution in [0.2, 0.25) is 0 Å². The van der Waals surface area contributed by atoms with Gasteiger partial charge in [-0.3, -0.25) is 9.59 Å². The molecule has 1 saturated heterocycles. The number of nitrogens with two attached hydrogens (primary N) is 2. The van der Waals surface area contributed by atoms with Crippen LogP contribution in [0, 0.1) is 24.7 Å². The fourth-order valence-corrected chi connectivity index (χ4v) is 3.11. The Morgan fingerprint density at radius 3 is 2.85 bits per heavy atom. The second-order valence-electron chi connectivity index (χ2n) is 6.76. The van der Waals surface area contributed by atoms with Crippen LogP contribution < -0.4 is 11.5 Å². The Kier molecular flexibility index (Phi) is 5.13. The lowest BCUT2D eigenvalue weighted by Gasteiger charge is -2.26. The maximum absolute atomic E-state index is 12.2. The van der Waals surface area contributed by atoms with Crippen molar-refractivity contribution in [3.63, 3.8) is 0 Å². The van der Waals surface area contributed by atoms with Gasteiger partial charge in [-0.25, -0.2) is 4.98 Å². The minimum atomic E-state index is -0.659. The number of hydrogen-bond donors (Lipinski definition) is 2. The number of carbonyl (C=O) groups is 2. The summed E-state index contributed by atoms with van der Waals surface area (Å²) in [5.74, 6) is 5.35. The zero-order valence-electron chi connectivity index (χ0n) is 15.5. The number of anilines is 1. The molecule has 1 aromatic heterocycles. The smallest absolute Gasteiger partial charge is 0.269 e. The first kappa shape index (κ1) is 18.5. The summed E-state index contributed by atoms with van der Waals surface area (Å²) in [5.41, 5.74) is 14.6. The van der Waals surface area contributed by atoms with Gasteiger partial charge in [-0.1, -0.05) is 24.0 Å². The number of benzene rings is 1. The Morgan fingerprint density at radius 1 is 1.33 bits per heavy atom. The molecule has 1 aromatic carbocycles. The first-order valence-corrected chi connectivity index (χ1v) is 8.80. The molecule has 6 heteroatoms. The third-order valence-electron chi connectivity index (χ3n) is 4.71. The molecule has 2 amide bonds. The lowest BCUT2D eigenvalue weighted by atomic mass is 9.97. The number of rotatable bonds is 2. The number of aryl methyl sites for hydroxylation is 1. The molecule has 0 radical (unpaired) electrons. The van der Waals surface area contributed by atoms with Crippen LogP contribution in [0.5, 0.6) is 0 Å². The summed E-state index contributed by atoms with van der Waals surface area (Å²) < 4.78 is 0. The van der Waals surface area contributed by atoms with E-state index in [1.807, 2.05) is 44.3 Å². The van der Waals surface area contributed by atoms with Crippen LogP contribution in [0.3, 0.4) is 0 Å². The molecule has 0 aliphatic carbocycles. The van der Waals surface area contributed by atoms with Gasteiger partial charge in [0, 0.05) is 24.7 Å². The predicted octanol–water partition coefficient (Wildman–Crippen LogP) is 1.96. The lowest BCUT2D eigenvalue weighted by molar-refractivity contribution is -0.134. The number of aromatic nitrogens is 1. The summed E-state index contributed by atoms with van der Waals surface area (Å²) in [4.78, 5) is 29.8. The van der Waals surface area contributed by atoms with Crippen LogP contribution in [0.1, 0.15) is 34.5 Å². The number of carbonyl (C=O) groups excluding carboxylic acids is 2. The summed E-state index contributed by atoms with van der Waals surface area (Å²) in [6.07, 6.45) is 1.75. The van der Waals surface area contributed by atoms with Crippen molar-refractivity contribution in [2.75, 3.05) is 19.3 Å². The van der Waals surface area contributed by atoms with E-state index in [2.05, 4.69) is 16.8 Å². The fourth-order valence-electron chi connectivity index (χ4n) is 3.11. The van der Waals surface area contributed by atoms with Gasteiger partial charge in [0.2, 0.25) is 5.91 Å². The van der Waals surface area contributed by atoms with Crippen molar-refractivity contribution in [2.45, 2.75) is 19.8 Å². The molecule has 2 heterocycles. The molecular formula is C21H22N4O2. The lowest BCUT2D eigenvalue weighted by Crippen LogP contribution is -2.37. The van der Waals surface area contributed by atoms with Gasteiger partial charge in [-0.2, -0.15) is 0 Å². The van der Waals surface area contributed by atoms with Gasteiger partial charge < -0.3 is 16.4 Å². The topological polar surface area (TPSA) is 102 Å². The van der Waals surface area contributed by atoms with Crippen LogP contribution in [0.15, 0.2) is 30.3 Å². The van der Waals surface area contributed by atoms with Gasteiger partial charge in [0.1, 0.15) is 0 Å². The largest absolute Gasteiger partial charge is 0.397 e. The van der Waals surface area contributed by atoms with E-state index in [9.17, 15) is 9.59 Å². The van der Waals surface area contributed by atoms with Gasteiger partial charge >= 0.3 is 0 Å². The molecule has 0 bridgehead atoms. The van der Waals surface area contributed by atoms with Crippen molar-refractivity contribution in [1.82, 2.24) is 9.88 Å². The molecule has 2 aromatic rings. The molecule has 0 spiro atoms. The normalized spacial score (nSPS) is 16.6. The van der Waals surface area contributed by atoms with Gasteiger partial charge in [-0.15, -0.1) is 0 Å². The third-order valence-corrected chi connectivity index (χ3v) is 4.71. The standard InChI is InChI=1S/C21H22N4O2/c1-13-11-17(24-19(18(13)22)20(23)26)16-6-3-5-14(12-16)8-9-15-7-4-10-25(2)21(15)27/h3,5-6,11-12,15H,4,7,10,22H2,1-2H3,(H2,23,26). The molecule has 27 heavy (non-hydrogen) atoms. The molecule has 1 unspecified atom stereocenters. The number of nitrogens with zero attached hydrogens (tertiary/aromatic N) is 2. The van der Waals surface area contributed by atoms with E-state index in [4.69, 9.17) is 11.5 Å². The monoisotopic (exact) mass is 362 g/mol. The summed E-state index contributed by atoms with van der Waals surface area (Å²) >= 11 is 0. The molecule has 0 saturated carbocycles. The van der Waals surface area contributed by atoms with E-state index in [1.165, 1.54) is 0 Å². The molecule has 1 aliphatic rings. The van der Waals surface area contributed by atoms with Gasteiger partial charge in [-0.05, 0) is 43.5 Å². The minimum Gasteiger partial charge on any atom is -0.397 e. The van der Waals surface area contributed by atoms with E-state index in [0.29, 0.717) is 11.4 Å². The Bertz CT molecular complexity index is 972.